The van der Waals surface area contributed by atoms with Crippen LogP contribution in [0.4, 0.5) is 8.78 Å². The van der Waals surface area contributed by atoms with Crippen LogP contribution in [-0.2, 0) is 0 Å². The van der Waals surface area contributed by atoms with Crippen LogP contribution in [0.25, 0.3) is 11.8 Å². The van der Waals surface area contributed by atoms with Crippen LogP contribution in [0.2, 0.25) is 0 Å². The summed E-state index contributed by atoms with van der Waals surface area (Å²) in [6.45, 7) is 0. The van der Waals surface area contributed by atoms with Gasteiger partial charge in [-0.2, -0.15) is 0 Å². The largest absolute Gasteiger partial charge is 0.277 e. The van der Waals surface area contributed by atoms with Gasteiger partial charge in [-0.25, -0.2) is 8.78 Å². The van der Waals surface area contributed by atoms with Gasteiger partial charge in [-0.1, -0.05) is 42.5 Å². The second kappa shape index (κ2) is 6.06. The number of rotatable bonds is 4. The first-order chi connectivity index (χ1) is 9.58. The predicted molar refractivity (Wildman–Crippen MR) is 72.7 cm³/mol. The molecule has 5 heteroatoms. The first kappa shape index (κ1) is 13.9. The normalized spacial score (nSPS) is 11.7. The third kappa shape index (κ3) is 3.26. The molecule has 0 amide bonds. The molecule has 2 rings (SSSR count). The Labute approximate surface area is 114 Å². The summed E-state index contributed by atoms with van der Waals surface area (Å²) in [6.07, 6.45) is -1.18. The van der Waals surface area contributed by atoms with Crippen LogP contribution in [-0.4, -0.2) is 4.92 Å². The summed E-state index contributed by atoms with van der Waals surface area (Å²) in [6, 6.07) is 13.8. The van der Waals surface area contributed by atoms with E-state index in [1.165, 1.54) is 30.3 Å². The van der Waals surface area contributed by atoms with Crippen molar-refractivity contribution in [3.05, 3.63) is 81.4 Å². The summed E-state index contributed by atoms with van der Waals surface area (Å²) >= 11 is 0. The van der Waals surface area contributed by atoms with Gasteiger partial charge in [-0.3, -0.25) is 10.1 Å². The highest BCUT2D eigenvalue weighted by atomic mass is 19.3. The van der Waals surface area contributed by atoms with E-state index in [1.807, 2.05) is 0 Å². The molecule has 0 radical (unpaired) electrons. The maximum absolute atomic E-state index is 12.4. The smallest absolute Gasteiger partial charge is 0.258 e. The van der Waals surface area contributed by atoms with Crippen LogP contribution in [0.5, 0.6) is 0 Å². The Morgan fingerprint density at radius 3 is 2.15 bits per heavy atom. The van der Waals surface area contributed by atoms with E-state index in [9.17, 15) is 18.9 Å². The third-order valence-electron chi connectivity index (χ3n) is 2.76. The Balaban J connectivity index is 2.37. The molecule has 0 saturated carbocycles. The van der Waals surface area contributed by atoms with Crippen molar-refractivity contribution in [3.8, 4) is 0 Å². The highest BCUT2D eigenvalue weighted by Gasteiger charge is 2.13. The van der Waals surface area contributed by atoms with Crippen molar-refractivity contribution in [1.82, 2.24) is 0 Å². The summed E-state index contributed by atoms with van der Waals surface area (Å²) in [4.78, 5) is 10.6. The molecule has 0 atom stereocenters. The molecule has 0 aliphatic rings. The van der Waals surface area contributed by atoms with E-state index in [-0.39, 0.29) is 11.3 Å². The van der Waals surface area contributed by atoms with Gasteiger partial charge in [0.25, 0.3) is 12.1 Å². The lowest BCUT2D eigenvalue weighted by molar-refractivity contribution is -0.374. The van der Waals surface area contributed by atoms with Gasteiger partial charge in [0, 0.05) is 11.6 Å². The summed E-state index contributed by atoms with van der Waals surface area (Å²) in [7, 11) is 0. The Bertz CT molecular complexity index is 622. The number of alkyl halides is 2. The first-order valence-corrected chi connectivity index (χ1v) is 5.87. The molecule has 0 fully saturated rings. The van der Waals surface area contributed by atoms with Crippen LogP contribution in [0.3, 0.4) is 0 Å². The Kier molecular flexibility index (Phi) is 4.20. The number of hydrogen-bond acceptors (Lipinski definition) is 2. The minimum atomic E-state index is -2.54. The SMILES string of the molecule is O=[N+]([O-])/C(=C/c1ccc(C(F)F)cc1)c1ccccc1. The van der Waals surface area contributed by atoms with Crippen LogP contribution in [0.1, 0.15) is 23.1 Å². The lowest BCUT2D eigenvalue weighted by Crippen LogP contribution is -1.97. The summed E-state index contributed by atoms with van der Waals surface area (Å²) < 4.78 is 24.9. The van der Waals surface area contributed by atoms with Gasteiger partial charge in [-0.05, 0) is 17.7 Å². The average Bonchev–Trinajstić information content (AvgIpc) is 2.46. The van der Waals surface area contributed by atoms with Gasteiger partial charge in [0.05, 0.1) is 10.5 Å². The van der Waals surface area contributed by atoms with Crippen molar-refractivity contribution >= 4 is 11.8 Å². The molecule has 0 unspecified atom stereocenters. The van der Waals surface area contributed by atoms with E-state index in [0.29, 0.717) is 11.1 Å². The van der Waals surface area contributed by atoms with E-state index in [1.54, 1.807) is 30.3 Å². The van der Waals surface area contributed by atoms with Crippen molar-refractivity contribution in [1.29, 1.82) is 0 Å². The van der Waals surface area contributed by atoms with Crippen molar-refractivity contribution < 1.29 is 13.7 Å². The minimum absolute atomic E-state index is 0.0737. The maximum atomic E-state index is 12.4. The predicted octanol–water partition coefficient (Wildman–Crippen LogP) is 4.40. The molecule has 3 nitrogen and oxygen atoms in total. The molecular formula is C15H11F2NO2. The molecular weight excluding hydrogens is 264 g/mol. The summed E-state index contributed by atoms with van der Waals surface area (Å²) in [5, 5.41) is 11.1. The molecule has 0 bridgehead atoms. The maximum Gasteiger partial charge on any atom is 0.277 e. The second-order valence-corrected chi connectivity index (χ2v) is 4.12. The fourth-order valence-corrected chi connectivity index (χ4v) is 1.75. The molecule has 0 aliphatic carbocycles. The second-order valence-electron chi connectivity index (χ2n) is 4.12. The third-order valence-corrected chi connectivity index (χ3v) is 2.76. The molecule has 2 aromatic carbocycles. The van der Waals surface area contributed by atoms with Crippen molar-refractivity contribution in [2.24, 2.45) is 0 Å². The van der Waals surface area contributed by atoms with E-state index in [2.05, 4.69) is 0 Å². The van der Waals surface area contributed by atoms with Crippen molar-refractivity contribution in [2.45, 2.75) is 6.43 Å². The van der Waals surface area contributed by atoms with Gasteiger partial charge in [0.1, 0.15) is 0 Å². The monoisotopic (exact) mass is 275 g/mol. The highest BCUT2D eigenvalue weighted by molar-refractivity contribution is 5.76. The van der Waals surface area contributed by atoms with E-state index in [4.69, 9.17) is 0 Å². The highest BCUT2D eigenvalue weighted by Crippen LogP contribution is 2.22. The summed E-state index contributed by atoms with van der Waals surface area (Å²) in [5.41, 5.74) is 0.792. The van der Waals surface area contributed by atoms with E-state index < -0.39 is 11.3 Å². The lowest BCUT2D eigenvalue weighted by Gasteiger charge is -2.01. The summed E-state index contributed by atoms with van der Waals surface area (Å²) in [5.74, 6) is 0. The Morgan fingerprint density at radius 1 is 1.05 bits per heavy atom. The average molecular weight is 275 g/mol. The van der Waals surface area contributed by atoms with Crippen molar-refractivity contribution in [3.63, 3.8) is 0 Å². The molecule has 0 saturated heterocycles. The minimum Gasteiger partial charge on any atom is -0.258 e. The standard InChI is InChI=1S/C15H11F2NO2/c16-15(17)13-8-6-11(7-9-13)10-14(18(19)20)12-4-2-1-3-5-12/h1-10,15H/b14-10+. The zero-order valence-electron chi connectivity index (χ0n) is 10.4. The molecule has 20 heavy (non-hydrogen) atoms. The van der Waals surface area contributed by atoms with Gasteiger partial charge in [0.2, 0.25) is 0 Å². The molecule has 0 N–H and O–H groups in total. The van der Waals surface area contributed by atoms with Crippen LogP contribution < -0.4 is 0 Å². The molecule has 0 heterocycles. The van der Waals surface area contributed by atoms with Gasteiger partial charge in [0.15, 0.2) is 0 Å². The fourth-order valence-electron chi connectivity index (χ4n) is 1.75. The van der Waals surface area contributed by atoms with Crippen LogP contribution >= 0.6 is 0 Å². The molecule has 0 aliphatic heterocycles. The Hall–Kier alpha value is -2.56. The fraction of sp³-hybridized carbons (Fsp3) is 0.0667. The quantitative estimate of drug-likeness (QED) is 0.471. The van der Waals surface area contributed by atoms with Gasteiger partial charge < -0.3 is 0 Å². The molecule has 102 valence electrons. The molecule has 2 aromatic rings. The van der Waals surface area contributed by atoms with Crippen molar-refractivity contribution in [2.75, 3.05) is 0 Å². The lowest BCUT2D eigenvalue weighted by atomic mass is 10.1. The first-order valence-electron chi connectivity index (χ1n) is 5.87. The number of hydrogen-bond donors (Lipinski definition) is 0. The van der Waals surface area contributed by atoms with Crippen LogP contribution in [0.15, 0.2) is 54.6 Å². The van der Waals surface area contributed by atoms with Crippen LogP contribution in [0, 0.1) is 10.1 Å². The van der Waals surface area contributed by atoms with E-state index in [0.717, 1.165) is 0 Å². The Morgan fingerprint density at radius 2 is 1.65 bits per heavy atom. The topological polar surface area (TPSA) is 43.1 Å². The van der Waals surface area contributed by atoms with Gasteiger partial charge in [-0.15, -0.1) is 0 Å². The zero-order chi connectivity index (χ0) is 14.5. The molecule has 0 aromatic heterocycles. The molecule has 0 spiro atoms. The number of benzene rings is 2. The zero-order valence-corrected chi connectivity index (χ0v) is 10.4. The number of nitrogens with zero attached hydrogens (tertiary/aromatic N) is 1. The number of nitro groups is 1. The number of halogens is 2. The van der Waals surface area contributed by atoms with Gasteiger partial charge >= 0.3 is 0 Å². The van der Waals surface area contributed by atoms with E-state index >= 15 is 0 Å².